The highest BCUT2D eigenvalue weighted by Gasteiger charge is 2.29. The molecule has 5 rings (SSSR count). The minimum atomic E-state index is -0.622. The summed E-state index contributed by atoms with van der Waals surface area (Å²) in [6, 6.07) is 14.5. The van der Waals surface area contributed by atoms with Gasteiger partial charge < -0.3 is 10.0 Å². The fraction of sp³-hybridized carbons (Fsp3) is 0.370. The number of likely N-dealkylation sites (tertiary alicyclic amines) is 1. The third kappa shape index (κ3) is 4.22. The maximum Gasteiger partial charge on any atom is 0.274 e. The van der Waals surface area contributed by atoms with E-state index in [4.69, 9.17) is 10.2 Å². The van der Waals surface area contributed by atoms with Gasteiger partial charge in [0.15, 0.2) is 5.69 Å². The van der Waals surface area contributed by atoms with Crippen molar-refractivity contribution < 1.29 is 14.3 Å². The van der Waals surface area contributed by atoms with Crippen molar-refractivity contribution in [1.82, 2.24) is 14.5 Å². The molecule has 1 N–H and O–H groups in total. The van der Waals surface area contributed by atoms with Gasteiger partial charge in [-0.3, -0.25) is 9.36 Å². The summed E-state index contributed by atoms with van der Waals surface area (Å²) in [6.07, 6.45) is 5.28. The minimum absolute atomic E-state index is 0.00995. The summed E-state index contributed by atoms with van der Waals surface area (Å²) in [5, 5.41) is 18.7. The Morgan fingerprint density at radius 1 is 1.15 bits per heavy atom. The Bertz CT molecular complexity index is 1250. The highest BCUT2D eigenvalue weighted by molar-refractivity contribution is 5.95. The monoisotopic (exact) mass is 458 g/mol. The van der Waals surface area contributed by atoms with E-state index in [0.717, 1.165) is 18.5 Å². The van der Waals surface area contributed by atoms with E-state index in [1.54, 1.807) is 6.07 Å². The molecule has 0 spiro atoms. The number of carbonyl (C=O) groups excluding carboxylic acids is 1. The lowest BCUT2D eigenvalue weighted by Gasteiger charge is -2.16. The number of rotatable bonds is 7. The molecule has 3 aromatic rings. The zero-order valence-electron chi connectivity index (χ0n) is 19.0. The molecule has 2 fully saturated rings. The number of halogens is 1. The van der Waals surface area contributed by atoms with Gasteiger partial charge in [-0.1, -0.05) is 12.1 Å². The van der Waals surface area contributed by atoms with E-state index in [9.17, 15) is 14.3 Å². The number of aliphatic hydroxyl groups is 1. The van der Waals surface area contributed by atoms with Crippen LogP contribution in [0.3, 0.4) is 0 Å². The van der Waals surface area contributed by atoms with Crippen LogP contribution in [0.25, 0.3) is 17.1 Å². The number of hydrogen-bond donors (Lipinski definition) is 1. The van der Waals surface area contributed by atoms with Crippen molar-refractivity contribution in [3.8, 4) is 23.1 Å². The molecule has 6 nitrogen and oxygen atoms in total. The molecule has 7 heteroatoms. The van der Waals surface area contributed by atoms with Crippen LogP contribution in [0.2, 0.25) is 0 Å². The average Bonchev–Trinajstić information content (AvgIpc) is 3.42. The Kier molecular flexibility index (Phi) is 6.16. The molecule has 0 radical (unpaired) electrons. The maximum absolute atomic E-state index is 14.6. The van der Waals surface area contributed by atoms with Crippen LogP contribution >= 0.6 is 0 Å². The van der Waals surface area contributed by atoms with Gasteiger partial charge >= 0.3 is 0 Å². The first kappa shape index (κ1) is 22.3. The zero-order valence-corrected chi connectivity index (χ0v) is 19.0. The number of aliphatic hydroxyl groups excluding tert-OH is 1. The molecule has 174 valence electrons. The lowest BCUT2D eigenvalue weighted by Crippen LogP contribution is -2.29. The summed E-state index contributed by atoms with van der Waals surface area (Å²) in [5.74, 6) is 0.320. The molecule has 2 aromatic carbocycles. The van der Waals surface area contributed by atoms with Gasteiger partial charge in [-0.15, -0.1) is 0 Å². The molecule has 1 saturated heterocycles. The first-order valence-electron chi connectivity index (χ1n) is 11.9. The van der Waals surface area contributed by atoms with Crippen LogP contribution in [-0.2, 0) is 6.42 Å². The summed E-state index contributed by atoms with van der Waals surface area (Å²) in [4.78, 5) is 20.0. The molecule has 1 aromatic heterocycles. The number of hydrogen-bond acceptors (Lipinski definition) is 4. The number of amides is 1. The van der Waals surface area contributed by atoms with Crippen molar-refractivity contribution in [3.05, 3.63) is 70.8 Å². The van der Waals surface area contributed by atoms with Crippen LogP contribution in [0.5, 0.6) is 0 Å². The smallest absolute Gasteiger partial charge is 0.274 e. The van der Waals surface area contributed by atoms with Crippen LogP contribution in [-0.4, -0.2) is 45.2 Å². The summed E-state index contributed by atoms with van der Waals surface area (Å²) in [5.41, 5.74) is 3.65. The fourth-order valence-corrected chi connectivity index (χ4v) is 4.70. The Labute approximate surface area is 198 Å². The molecule has 0 bridgehead atoms. The second-order valence-corrected chi connectivity index (χ2v) is 9.06. The standard InChI is InChI=1S/C27H27FN4O2/c28-23-16-20(7-8-21(23)17-29)26-30-25(27(34)31-13-1-2-14-31)24(4-3-15-33)32(26)22-11-9-19(10-12-22)18-5-6-18/h7-12,16,18,33H,1-6,13-15H2. The summed E-state index contributed by atoms with van der Waals surface area (Å²) >= 11 is 0. The number of carbonyl (C=O) groups is 1. The largest absolute Gasteiger partial charge is 0.396 e. The molecule has 1 aliphatic carbocycles. The lowest BCUT2D eigenvalue weighted by molar-refractivity contribution is 0.0786. The summed E-state index contributed by atoms with van der Waals surface area (Å²) in [6.45, 7) is 1.38. The van der Waals surface area contributed by atoms with Gasteiger partial charge in [0.05, 0.1) is 11.3 Å². The van der Waals surface area contributed by atoms with Crippen LogP contribution in [0.4, 0.5) is 4.39 Å². The molecule has 1 aliphatic heterocycles. The summed E-state index contributed by atoms with van der Waals surface area (Å²) in [7, 11) is 0. The third-order valence-corrected chi connectivity index (χ3v) is 6.69. The van der Waals surface area contributed by atoms with E-state index in [1.165, 1.54) is 30.5 Å². The van der Waals surface area contributed by atoms with E-state index in [-0.39, 0.29) is 18.1 Å². The van der Waals surface area contributed by atoms with Crippen molar-refractivity contribution in [3.63, 3.8) is 0 Å². The minimum Gasteiger partial charge on any atom is -0.396 e. The third-order valence-electron chi connectivity index (χ3n) is 6.69. The predicted octanol–water partition coefficient (Wildman–Crippen LogP) is 4.59. The second kappa shape index (κ2) is 9.40. The number of benzene rings is 2. The van der Waals surface area contributed by atoms with E-state index >= 15 is 0 Å². The van der Waals surface area contributed by atoms with Crippen LogP contribution in [0, 0.1) is 17.1 Å². The van der Waals surface area contributed by atoms with Crippen LogP contribution < -0.4 is 0 Å². The number of nitrogens with zero attached hydrogens (tertiary/aromatic N) is 4. The first-order valence-corrected chi connectivity index (χ1v) is 11.9. The fourth-order valence-electron chi connectivity index (χ4n) is 4.70. The predicted molar refractivity (Wildman–Crippen MR) is 126 cm³/mol. The van der Waals surface area contributed by atoms with E-state index in [0.29, 0.717) is 54.6 Å². The lowest BCUT2D eigenvalue weighted by atomic mass is 10.1. The zero-order chi connectivity index (χ0) is 23.7. The van der Waals surface area contributed by atoms with Crippen molar-refractivity contribution >= 4 is 5.91 Å². The molecular formula is C27H27FN4O2. The van der Waals surface area contributed by atoms with Gasteiger partial charge in [0.2, 0.25) is 0 Å². The Balaban J connectivity index is 1.68. The van der Waals surface area contributed by atoms with Crippen molar-refractivity contribution in [2.45, 2.75) is 44.4 Å². The summed E-state index contributed by atoms with van der Waals surface area (Å²) < 4.78 is 16.5. The Morgan fingerprint density at radius 3 is 2.50 bits per heavy atom. The van der Waals surface area contributed by atoms with Gasteiger partial charge in [-0.05, 0) is 80.3 Å². The van der Waals surface area contributed by atoms with Crippen molar-refractivity contribution in [1.29, 1.82) is 5.26 Å². The molecule has 0 unspecified atom stereocenters. The molecule has 1 amide bonds. The Hall–Kier alpha value is -3.50. The molecular weight excluding hydrogens is 431 g/mol. The van der Waals surface area contributed by atoms with Crippen molar-refractivity contribution in [2.75, 3.05) is 19.7 Å². The highest BCUT2D eigenvalue weighted by atomic mass is 19.1. The highest BCUT2D eigenvalue weighted by Crippen LogP contribution is 2.40. The maximum atomic E-state index is 14.6. The van der Waals surface area contributed by atoms with Gasteiger partial charge in [0.25, 0.3) is 5.91 Å². The molecule has 2 heterocycles. The normalized spacial score (nSPS) is 15.5. The van der Waals surface area contributed by atoms with E-state index in [1.807, 2.05) is 27.7 Å². The molecule has 0 atom stereocenters. The van der Waals surface area contributed by atoms with Gasteiger partial charge in [0.1, 0.15) is 17.7 Å². The number of aromatic nitrogens is 2. The SMILES string of the molecule is N#Cc1ccc(-c2nc(C(=O)N3CCCC3)c(CCCO)n2-c2ccc(C3CC3)cc2)cc1F. The van der Waals surface area contributed by atoms with Crippen LogP contribution in [0.1, 0.15) is 65.3 Å². The van der Waals surface area contributed by atoms with Crippen molar-refractivity contribution in [2.24, 2.45) is 0 Å². The molecule has 34 heavy (non-hydrogen) atoms. The van der Waals surface area contributed by atoms with Crippen LogP contribution in [0.15, 0.2) is 42.5 Å². The molecule has 2 aliphatic rings. The van der Waals surface area contributed by atoms with E-state index in [2.05, 4.69) is 12.1 Å². The number of nitriles is 1. The van der Waals surface area contributed by atoms with Gasteiger partial charge in [0, 0.05) is 30.9 Å². The molecule has 1 saturated carbocycles. The topological polar surface area (TPSA) is 82.2 Å². The quantitative estimate of drug-likeness (QED) is 0.562. The average molecular weight is 459 g/mol. The second-order valence-electron chi connectivity index (χ2n) is 9.06. The van der Waals surface area contributed by atoms with Gasteiger partial charge in [-0.2, -0.15) is 5.26 Å². The van der Waals surface area contributed by atoms with E-state index < -0.39 is 5.82 Å². The number of imidazole rings is 1. The first-order chi connectivity index (χ1) is 16.6. The van der Waals surface area contributed by atoms with Gasteiger partial charge in [-0.25, -0.2) is 9.37 Å². The Morgan fingerprint density at radius 2 is 1.88 bits per heavy atom.